The molecule has 4 nitrogen and oxygen atoms in total. The quantitative estimate of drug-likeness (QED) is 0.562. The summed E-state index contributed by atoms with van der Waals surface area (Å²) in [7, 11) is 0. The van der Waals surface area contributed by atoms with Crippen LogP contribution in [0.5, 0.6) is 0 Å². The molecule has 0 aliphatic heterocycles. The van der Waals surface area contributed by atoms with Crippen molar-refractivity contribution in [1.82, 2.24) is 10.2 Å². The average molecular weight is 347 g/mol. The maximum atomic E-state index is 6.10. The number of nitrogens with zero attached hydrogens (tertiary/aromatic N) is 2. The lowest BCUT2D eigenvalue weighted by Crippen LogP contribution is -3.00. The van der Waals surface area contributed by atoms with E-state index < -0.39 is 0 Å². The molecule has 0 fully saturated rings. The highest BCUT2D eigenvalue weighted by Gasteiger charge is 2.08. The first-order chi connectivity index (χ1) is 9.79. The van der Waals surface area contributed by atoms with Crippen molar-refractivity contribution in [3.8, 4) is 0 Å². The summed E-state index contributed by atoms with van der Waals surface area (Å²) in [6.45, 7) is 0.739. The zero-order valence-electron chi connectivity index (χ0n) is 11.6. The van der Waals surface area contributed by atoms with Crippen LogP contribution < -0.4 is 18.1 Å². The molecule has 0 aliphatic rings. The van der Waals surface area contributed by atoms with E-state index in [-0.39, 0.29) is 12.4 Å². The van der Waals surface area contributed by atoms with E-state index in [2.05, 4.69) is 10.2 Å². The normalized spacial score (nSPS) is 10.4. The Morgan fingerprint density at radius 3 is 2.71 bits per heavy atom. The summed E-state index contributed by atoms with van der Waals surface area (Å²) >= 11 is 7.61. The first kappa shape index (κ1) is 18.3. The largest absolute Gasteiger partial charge is 1.00 e. The van der Waals surface area contributed by atoms with Gasteiger partial charge in [0.2, 0.25) is 5.89 Å². The van der Waals surface area contributed by atoms with Crippen molar-refractivity contribution in [3.05, 3.63) is 40.7 Å². The Morgan fingerprint density at radius 2 is 1.95 bits per heavy atom. The number of nitrogens with two attached hydrogens (primary N) is 1. The Kier molecular flexibility index (Phi) is 8.76. The Morgan fingerprint density at radius 1 is 1.14 bits per heavy atom. The zero-order chi connectivity index (χ0) is 14.2. The highest BCUT2D eigenvalue weighted by atomic mass is 35.5. The fourth-order valence-electron chi connectivity index (χ4n) is 1.75. The number of aryl methyl sites for hydroxylation is 1. The van der Waals surface area contributed by atoms with E-state index in [9.17, 15) is 0 Å². The van der Waals surface area contributed by atoms with E-state index in [1.807, 2.05) is 24.3 Å². The molecule has 0 saturated heterocycles. The maximum Gasteiger partial charge on any atom is 0.276 e. The Hall–Kier alpha value is -0.750. The van der Waals surface area contributed by atoms with Crippen LogP contribution in [0.2, 0.25) is 5.02 Å². The fraction of sp³-hybridized carbons (Fsp3) is 0.429. The standard InChI is InChI=1S/C14H18ClN3OS.ClH/c15-12-7-4-3-6-11(12)10-20-14-18-17-13(19-14)8-2-1-5-9-16;/h3-4,6-7H,1-2,5,8-10,16H2;1H/p-1. The molecule has 2 rings (SSSR count). The third kappa shape index (κ3) is 6.26. The van der Waals surface area contributed by atoms with Gasteiger partial charge < -0.3 is 22.6 Å². The molecule has 7 heteroatoms. The summed E-state index contributed by atoms with van der Waals surface area (Å²) in [5, 5.41) is 9.45. The number of hydrogen-bond donors (Lipinski definition) is 1. The monoisotopic (exact) mass is 346 g/mol. The third-order valence-corrected chi connectivity index (χ3v) is 4.09. The van der Waals surface area contributed by atoms with Crippen LogP contribution in [0.3, 0.4) is 0 Å². The Bertz CT molecular complexity index is 536. The van der Waals surface area contributed by atoms with Gasteiger partial charge in [-0.15, -0.1) is 10.2 Å². The van der Waals surface area contributed by atoms with Crippen molar-refractivity contribution >= 4 is 23.4 Å². The summed E-state index contributed by atoms with van der Waals surface area (Å²) in [5.41, 5.74) is 6.52. The van der Waals surface area contributed by atoms with Gasteiger partial charge in [-0.1, -0.05) is 48.0 Å². The Balaban J connectivity index is 0.00000220. The minimum atomic E-state index is 0. The van der Waals surface area contributed by atoms with E-state index in [0.29, 0.717) is 11.1 Å². The van der Waals surface area contributed by atoms with Gasteiger partial charge in [0.1, 0.15) is 0 Å². The lowest BCUT2D eigenvalue weighted by atomic mass is 10.2. The highest BCUT2D eigenvalue weighted by molar-refractivity contribution is 7.98. The molecule has 2 N–H and O–H groups in total. The van der Waals surface area contributed by atoms with Crippen LogP contribution in [0.1, 0.15) is 30.7 Å². The minimum Gasteiger partial charge on any atom is -1.00 e. The second-order valence-electron chi connectivity index (χ2n) is 4.44. The van der Waals surface area contributed by atoms with Crippen molar-refractivity contribution in [3.63, 3.8) is 0 Å². The first-order valence-corrected chi connectivity index (χ1v) is 8.04. The molecule has 0 spiro atoms. The van der Waals surface area contributed by atoms with Gasteiger partial charge in [-0.3, -0.25) is 0 Å². The molecule has 0 unspecified atom stereocenters. The SMILES string of the molecule is NCCCCCc1nnc(SCc2ccccc2Cl)o1.[Cl-]. The number of benzene rings is 1. The molecule has 0 atom stereocenters. The van der Waals surface area contributed by atoms with E-state index in [1.165, 1.54) is 11.8 Å². The van der Waals surface area contributed by atoms with Crippen molar-refractivity contribution < 1.29 is 16.8 Å². The van der Waals surface area contributed by atoms with E-state index in [0.717, 1.165) is 48.6 Å². The highest BCUT2D eigenvalue weighted by Crippen LogP contribution is 2.25. The van der Waals surface area contributed by atoms with Gasteiger partial charge in [-0.2, -0.15) is 0 Å². The van der Waals surface area contributed by atoms with Crippen molar-refractivity contribution in [2.24, 2.45) is 5.73 Å². The number of hydrogen-bond acceptors (Lipinski definition) is 5. The number of thioether (sulfide) groups is 1. The molecule has 1 aromatic carbocycles. The zero-order valence-corrected chi connectivity index (χ0v) is 13.9. The molecule has 0 aliphatic carbocycles. The molecule has 2 aromatic rings. The molecule has 1 heterocycles. The Labute approximate surface area is 140 Å². The van der Waals surface area contributed by atoms with Gasteiger partial charge >= 0.3 is 0 Å². The van der Waals surface area contributed by atoms with Crippen LogP contribution in [0.25, 0.3) is 0 Å². The average Bonchev–Trinajstić information content (AvgIpc) is 2.91. The predicted octanol–water partition coefficient (Wildman–Crippen LogP) is 0.691. The summed E-state index contributed by atoms with van der Waals surface area (Å²) in [6, 6.07) is 7.77. The molecular weight excluding hydrogens is 329 g/mol. The molecule has 116 valence electrons. The topological polar surface area (TPSA) is 64.9 Å². The van der Waals surface area contributed by atoms with Crippen LogP contribution >= 0.6 is 23.4 Å². The first-order valence-electron chi connectivity index (χ1n) is 6.68. The minimum absolute atomic E-state index is 0. The molecule has 21 heavy (non-hydrogen) atoms. The number of unbranched alkanes of at least 4 members (excludes halogenated alkanes) is 2. The number of aromatic nitrogens is 2. The van der Waals surface area contributed by atoms with Gasteiger partial charge in [-0.25, -0.2) is 0 Å². The van der Waals surface area contributed by atoms with E-state index >= 15 is 0 Å². The molecule has 0 radical (unpaired) electrons. The lowest BCUT2D eigenvalue weighted by Gasteiger charge is -2.00. The van der Waals surface area contributed by atoms with Gasteiger partial charge in [0.25, 0.3) is 5.22 Å². The smallest absolute Gasteiger partial charge is 0.276 e. The second-order valence-corrected chi connectivity index (χ2v) is 5.77. The summed E-state index contributed by atoms with van der Waals surface area (Å²) in [6.07, 6.45) is 4.00. The van der Waals surface area contributed by atoms with Gasteiger partial charge in [-0.05, 0) is 31.0 Å². The van der Waals surface area contributed by atoms with Gasteiger partial charge in [0.15, 0.2) is 0 Å². The van der Waals surface area contributed by atoms with Crippen LogP contribution in [-0.2, 0) is 12.2 Å². The van der Waals surface area contributed by atoms with Crippen LogP contribution in [0.4, 0.5) is 0 Å². The van der Waals surface area contributed by atoms with Crippen molar-refractivity contribution in [1.29, 1.82) is 0 Å². The maximum absolute atomic E-state index is 6.10. The fourth-order valence-corrected chi connectivity index (χ4v) is 2.82. The molecular formula is C14H18Cl2N3OS-. The number of halogens is 2. The third-order valence-electron chi connectivity index (χ3n) is 2.85. The predicted molar refractivity (Wildman–Crippen MR) is 81.9 cm³/mol. The summed E-state index contributed by atoms with van der Waals surface area (Å²) < 4.78 is 5.59. The van der Waals surface area contributed by atoms with E-state index in [4.69, 9.17) is 21.8 Å². The lowest BCUT2D eigenvalue weighted by molar-refractivity contribution is -0.00000482. The summed E-state index contributed by atoms with van der Waals surface area (Å²) in [5.74, 6) is 1.43. The molecule has 0 amide bonds. The molecule has 1 aromatic heterocycles. The van der Waals surface area contributed by atoms with Gasteiger partial charge in [0.05, 0.1) is 0 Å². The summed E-state index contributed by atoms with van der Waals surface area (Å²) in [4.78, 5) is 0. The van der Waals surface area contributed by atoms with Crippen LogP contribution in [-0.4, -0.2) is 16.7 Å². The number of rotatable bonds is 8. The van der Waals surface area contributed by atoms with Crippen LogP contribution in [0.15, 0.2) is 33.9 Å². The van der Waals surface area contributed by atoms with Crippen LogP contribution in [0, 0.1) is 0 Å². The van der Waals surface area contributed by atoms with Crippen molar-refractivity contribution in [2.75, 3.05) is 6.54 Å². The van der Waals surface area contributed by atoms with E-state index in [1.54, 1.807) is 0 Å². The van der Waals surface area contributed by atoms with Gasteiger partial charge in [0, 0.05) is 17.2 Å². The second kappa shape index (κ2) is 10.1. The molecule has 0 saturated carbocycles. The van der Waals surface area contributed by atoms with Crippen molar-refractivity contribution in [2.45, 2.75) is 36.7 Å². The molecule has 0 bridgehead atoms.